The molecule has 0 aliphatic carbocycles. The van der Waals surface area contributed by atoms with Crippen molar-refractivity contribution in [3.05, 3.63) is 53.6 Å². The lowest BCUT2D eigenvalue weighted by Crippen LogP contribution is -2.02. The second-order valence-corrected chi connectivity index (χ2v) is 4.08. The first-order chi connectivity index (χ1) is 10.0. The van der Waals surface area contributed by atoms with Crippen LogP contribution in [0, 0.1) is 0 Å². The van der Waals surface area contributed by atoms with Crippen molar-refractivity contribution in [3.8, 4) is 17.2 Å². The number of aromatic carboxylic acids is 1. The summed E-state index contributed by atoms with van der Waals surface area (Å²) in [6.07, 6.45) is 0. The summed E-state index contributed by atoms with van der Waals surface area (Å²) < 4.78 is 9.97. The van der Waals surface area contributed by atoms with E-state index >= 15 is 0 Å². The maximum Gasteiger partial charge on any atom is 0.339 e. The number of ether oxygens (including phenoxy) is 2. The van der Waals surface area contributed by atoms with Gasteiger partial charge in [-0.2, -0.15) is 0 Å². The highest BCUT2D eigenvalue weighted by Crippen LogP contribution is 2.33. The summed E-state index contributed by atoms with van der Waals surface area (Å²) in [6, 6.07) is 9.90. The Morgan fingerprint density at radius 2 is 1.76 bits per heavy atom. The van der Waals surface area contributed by atoms with Crippen molar-refractivity contribution in [1.29, 1.82) is 0 Å². The van der Waals surface area contributed by atoms with E-state index in [1.165, 1.54) is 37.4 Å². The van der Waals surface area contributed by atoms with E-state index in [2.05, 4.69) is 4.74 Å². The van der Waals surface area contributed by atoms with Gasteiger partial charge in [-0.05, 0) is 30.3 Å². The number of para-hydroxylation sites is 1. The second-order valence-electron chi connectivity index (χ2n) is 4.08. The summed E-state index contributed by atoms with van der Waals surface area (Å²) in [5.74, 6) is -1.95. The van der Waals surface area contributed by atoms with E-state index in [1.54, 1.807) is 12.1 Å². The molecule has 0 aliphatic rings. The van der Waals surface area contributed by atoms with E-state index in [0.717, 1.165) is 0 Å². The number of carboxylic acids is 1. The molecule has 0 bridgehead atoms. The number of hydrogen-bond acceptors (Lipinski definition) is 5. The lowest BCUT2D eigenvalue weighted by Gasteiger charge is -2.11. The van der Waals surface area contributed by atoms with Gasteiger partial charge in [0.15, 0.2) is 11.5 Å². The van der Waals surface area contributed by atoms with E-state index in [-0.39, 0.29) is 28.4 Å². The topological polar surface area (TPSA) is 93.1 Å². The fourth-order valence-electron chi connectivity index (χ4n) is 1.69. The van der Waals surface area contributed by atoms with Gasteiger partial charge in [0.1, 0.15) is 11.3 Å². The standard InChI is InChI=1S/C15H12O6/c1-20-15(19)9-6-7-11(16)13(8-9)21-12-5-3-2-4-10(12)14(17)18/h2-8,16H,1H3,(H,17,18). The maximum absolute atomic E-state index is 11.5. The van der Waals surface area contributed by atoms with Gasteiger partial charge < -0.3 is 19.7 Å². The normalized spacial score (nSPS) is 9.95. The molecular formula is C15H12O6. The van der Waals surface area contributed by atoms with Crippen molar-refractivity contribution in [2.75, 3.05) is 7.11 Å². The van der Waals surface area contributed by atoms with Crippen LogP contribution in [-0.2, 0) is 4.74 Å². The first kappa shape index (κ1) is 14.4. The number of carboxylic acid groups (broad SMARTS) is 1. The molecule has 0 fully saturated rings. The molecule has 0 spiro atoms. The van der Waals surface area contributed by atoms with Crippen molar-refractivity contribution in [2.45, 2.75) is 0 Å². The molecule has 0 radical (unpaired) electrons. The predicted molar refractivity (Wildman–Crippen MR) is 72.9 cm³/mol. The summed E-state index contributed by atoms with van der Waals surface area (Å²) >= 11 is 0. The van der Waals surface area contributed by atoms with E-state index in [4.69, 9.17) is 9.84 Å². The van der Waals surface area contributed by atoms with Gasteiger partial charge in [-0.15, -0.1) is 0 Å². The minimum absolute atomic E-state index is 0.0356. The van der Waals surface area contributed by atoms with Crippen molar-refractivity contribution in [1.82, 2.24) is 0 Å². The van der Waals surface area contributed by atoms with Gasteiger partial charge in [0.25, 0.3) is 0 Å². The third-order valence-electron chi connectivity index (χ3n) is 2.72. The van der Waals surface area contributed by atoms with Gasteiger partial charge >= 0.3 is 11.9 Å². The average molecular weight is 288 g/mol. The molecular weight excluding hydrogens is 276 g/mol. The number of benzene rings is 2. The second kappa shape index (κ2) is 5.96. The fraction of sp³-hybridized carbons (Fsp3) is 0.0667. The quantitative estimate of drug-likeness (QED) is 0.840. The van der Waals surface area contributed by atoms with Crippen molar-refractivity contribution < 1.29 is 29.3 Å². The Morgan fingerprint density at radius 1 is 1.05 bits per heavy atom. The van der Waals surface area contributed by atoms with Crippen LogP contribution >= 0.6 is 0 Å². The van der Waals surface area contributed by atoms with E-state index in [1.807, 2.05) is 0 Å². The number of carbonyl (C=O) groups excluding carboxylic acids is 1. The third kappa shape index (κ3) is 3.11. The highest BCUT2D eigenvalue weighted by atomic mass is 16.5. The molecule has 0 unspecified atom stereocenters. The highest BCUT2D eigenvalue weighted by Gasteiger charge is 2.15. The Balaban J connectivity index is 2.40. The number of phenolic OH excluding ortho intramolecular Hbond substituents is 1. The van der Waals surface area contributed by atoms with Crippen LogP contribution in [0.5, 0.6) is 17.2 Å². The van der Waals surface area contributed by atoms with E-state index < -0.39 is 11.9 Å². The van der Waals surface area contributed by atoms with Crippen molar-refractivity contribution >= 4 is 11.9 Å². The minimum Gasteiger partial charge on any atom is -0.504 e. The number of carbonyl (C=O) groups is 2. The Bertz CT molecular complexity index is 692. The van der Waals surface area contributed by atoms with Crippen LogP contribution in [0.1, 0.15) is 20.7 Å². The van der Waals surface area contributed by atoms with Crippen LogP contribution in [-0.4, -0.2) is 29.3 Å². The molecule has 21 heavy (non-hydrogen) atoms. The Kier molecular flexibility index (Phi) is 4.08. The fourth-order valence-corrected chi connectivity index (χ4v) is 1.69. The van der Waals surface area contributed by atoms with Gasteiger partial charge in [-0.3, -0.25) is 0 Å². The van der Waals surface area contributed by atoms with Crippen molar-refractivity contribution in [2.24, 2.45) is 0 Å². The number of aromatic hydroxyl groups is 1. The molecule has 0 heterocycles. The number of phenols is 1. The number of hydrogen-bond donors (Lipinski definition) is 2. The predicted octanol–water partition coefficient (Wildman–Crippen LogP) is 2.67. The molecule has 0 atom stereocenters. The average Bonchev–Trinajstić information content (AvgIpc) is 2.49. The zero-order valence-electron chi connectivity index (χ0n) is 11.1. The highest BCUT2D eigenvalue weighted by molar-refractivity contribution is 5.91. The SMILES string of the molecule is COC(=O)c1ccc(O)c(Oc2ccccc2C(=O)O)c1. The van der Waals surface area contributed by atoms with Crippen molar-refractivity contribution in [3.63, 3.8) is 0 Å². The number of esters is 1. The Labute approximate surface area is 120 Å². The molecule has 2 N–H and O–H groups in total. The maximum atomic E-state index is 11.5. The Morgan fingerprint density at radius 3 is 2.43 bits per heavy atom. The summed E-state index contributed by atoms with van der Waals surface area (Å²) in [5.41, 5.74) is 0.124. The number of rotatable bonds is 4. The lowest BCUT2D eigenvalue weighted by molar-refractivity contribution is 0.0599. The number of methoxy groups -OCH3 is 1. The van der Waals surface area contributed by atoms with Crippen LogP contribution in [0.15, 0.2) is 42.5 Å². The smallest absolute Gasteiger partial charge is 0.339 e. The lowest BCUT2D eigenvalue weighted by atomic mass is 10.2. The molecule has 0 saturated heterocycles. The third-order valence-corrected chi connectivity index (χ3v) is 2.72. The van der Waals surface area contributed by atoms with Crippen LogP contribution in [0.25, 0.3) is 0 Å². The van der Waals surface area contributed by atoms with Gasteiger partial charge in [-0.25, -0.2) is 9.59 Å². The first-order valence-electron chi connectivity index (χ1n) is 5.94. The first-order valence-corrected chi connectivity index (χ1v) is 5.94. The van der Waals surface area contributed by atoms with E-state index in [0.29, 0.717) is 0 Å². The molecule has 0 saturated carbocycles. The molecule has 0 amide bonds. The molecule has 6 heteroatoms. The van der Waals surface area contributed by atoms with Crippen LogP contribution in [0.4, 0.5) is 0 Å². The largest absolute Gasteiger partial charge is 0.504 e. The van der Waals surface area contributed by atoms with Gasteiger partial charge in [0.2, 0.25) is 0 Å². The summed E-state index contributed by atoms with van der Waals surface area (Å²) in [7, 11) is 1.23. The minimum atomic E-state index is -1.16. The van der Waals surface area contributed by atoms with Gasteiger partial charge in [0, 0.05) is 0 Å². The summed E-state index contributed by atoms with van der Waals surface area (Å²) in [4.78, 5) is 22.6. The molecule has 0 aliphatic heterocycles. The molecule has 108 valence electrons. The molecule has 0 aromatic heterocycles. The van der Waals surface area contributed by atoms with E-state index in [9.17, 15) is 14.7 Å². The summed E-state index contributed by atoms with van der Waals surface area (Å²) in [5, 5.41) is 18.8. The molecule has 6 nitrogen and oxygen atoms in total. The molecule has 2 aromatic carbocycles. The van der Waals surface area contributed by atoms with Gasteiger partial charge in [-0.1, -0.05) is 12.1 Å². The molecule has 2 aromatic rings. The summed E-state index contributed by atoms with van der Waals surface area (Å²) in [6.45, 7) is 0. The zero-order valence-corrected chi connectivity index (χ0v) is 11.1. The van der Waals surface area contributed by atoms with Crippen LogP contribution < -0.4 is 4.74 Å². The Hall–Kier alpha value is -3.02. The van der Waals surface area contributed by atoms with Crippen LogP contribution in [0.3, 0.4) is 0 Å². The monoisotopic (exact) mass is 288 g/mol. The molecule has 2 rings (SSSR count). The zero-order chi connectivity index (χ0) is 15.4. The van der Waals surface area contributed by atoms with Crippen LogP contribution in [0.2, 0.25) is 0 Å². The van der Waals surface area contributed by atoms with Gasteiger partial charge in [0.05, 0.1) is 12.7 Å².